The molecule has 1 aromatic carbocycles. The summed E-state index contributed by atoms with van der Waals surface area (Å²) in [6.07, 6.45) is 5.17. The van der Waals surface area contributed by atoms with E-state index in [0.29, 0.717) is 12.3 Å². The number of ether oxygens (including phenoxy) is 1. The van der Waals surface area contributed by atoms with Crippen LogP contribution in [0.4, 0.5) is 5.69 Å². The number of fused-ring (bicyclic) bond motifs is 5. The summed E-state index contributed by atoms with van der Waals surface area (Å²) in [6.45, 7) is 4.48. The second-order valence-corrected chi connectivity index (χ2v) is 6.56. The Morgan fingerprint density at radius 3 is 2.59 bits per heavy atom. The summed E-state index contributed by atoms with van der Waals surface area (Å²) in [5, 5.41) is 0. The van der Waals surface area contributed by atoms with Gasteiger partial charge in [-0.15, -0.1) is 0 Å². The van der Waals surface area contributed by atoms with Crippen molar-refractivity contribution in [3.8, 4) is 5.75 Å². The third-order valence-electron chi connectivity index (χ3n) is 5.52. The smallest absolute Gasteiger partial charge is 0.241 e. The second-order valence-electron chi connectivity index (χ2n) is 6.56. The number of imide groups is 1. The van der Waals surface area contributed by atoms with Crippen LogP contribution in [0.25, 0.3) is 0 Å². The fourth-order valence-corrected chi connectivity index (χ4v) is 4.41. The minimum absolute atomic E-state index is 0.0477. The molecule has 0 spiro atoms. The number of amides is 2. The van der Waals surface area contributed by atoms with Crippen molar-refractivity contribution in [3.63, 3.8) is 0 Å². The van der Waals surface area contributed by atoms with E-state index in [1.54, 1.807) is 12.1 Å². The van der Waals surface area contributed by atoms with Gasteiger partial charge in [-0.1, -0.05) is 12.2 Å². The molecule has 4 rings (SSSR count). The molecule has 0 aromatic heterocycles. The number of carbonyl (C=O) groups is 2. The third kappa shape index (κ3) is 1.52. The highest BCUT2D eigenvalue weighted by molar-refractivity contribution is 6.24. The molecule has 2 aliphatic carbocycles. The van der Waals surface area contributed by atoms with Crippen LogP contribution < -0.4 is 9.64 Å². The molecule has 2 fully saturated rings. The highest BCUT2D eigenvalue weighted by Gasteiger charge is 2.67. The molecule has 4 heteroatoms. The Labute approximate surface area is 129 Å². The quantitative estimate of drug-likeness (QED) is 0.636. The molecule has 3 aliphatic rings. The summed E-state index contributed by atoms with van der Waals surface area (Å²) in [5.41, 5.74) is 0.0863. The topological polar surface area (TPSA) is 46.6 Å². The van der Waals surface area contributed by atoms with Crippen LogP contribution in [0, 0.1) is 23.2 Å². The molecule has 1 saturated carbocycles. The monoisotopic (exact) mass is 297 g/mol. The zero-order chi connectivity index (χ0) is 15.5. The number of benzene rings is 1. The standard InChI is InChI=1S/C18H19NO3/c1-3-22-14-8-6-13(7-9-14)19-16(20)15-11-4-5-12(10-11)18(15,2)17(19)21/h4-9,11-12,15H,3,10H2,1-2H3/t11-,12+,15+,18+/m1/s1. The number of allylic oxidation sites excluding steroid dienone is 2. The molecule has 1 saturated heterocycles. The summed E-state index contributed by atoms with van der Waals surface area (Å²) < 4.78 is 5.42. The maximum absolute atomic E-state index is 13.0. The van der Waals surface area contributed by atoms with Crippen LogP contribution in [0.2, 0.25) is 0 Å². The first-order valence-electron chi connectivity index (χ1n) is 7.87. The minimum atomic E-state index is -0.560. The van der Waals surface area contributed by atoms with Gasteiger partial charge in [0.05, 0.1) is 23.6 Å². The largest absolute Gasteiger partial charge is 0.494 e. The summed E-state index contributed by atoms with van der Waals surface area (Å²) in [4.78, 5) is 27.2. The van der Waals surface area contributed by atoms with Crippen molar-refractivity contribution in [2.45, 2.75) is 20.3 Å². The van der Waals surface area contributed by atoms with E-state index in [4.69, 9.17) is 4.74 Å². The van der Waals surface area contributed by atoms with Gasteiger partial charge in [-0.25, -0.2) is 4.90 Å². The van der Waals surface area contributed by atoms with E-state index in [-0.39, 0.29) is 29.6 Å². The Bertz CT molecular complexity index is 678. The molecule has 1 aliphatic heterocycles. The van der Waals surface area contributed by atoms with Crippen LogP contribution >= 0.6 is 0 Å². The minimum Gasteiger partial charge on any atom is -0.494 e. The van der Waals surface area contributed by atoms with Gasteiger partial charge in [0.25, 0.3) is 0 Å². The normalized spacial score (nSPS) is 35.4. The molecule has 4 atom stereocenters. The predicted octanol–water partition coefficient (Wildman–Crippen LogP) is 2.79. The van der Waals surface area contributed by atoms with Gasteiger partial charge in [0, 0.05) is 0 Å². The summed E-state index contributed by atoms with van der Waals surface area (Å²) >= 11 is 0. The lowest BCUT2D eigenvalue weighted by Crippen LogP contribution is -2.37. The number of anilines is 1. The molecule has 22 heavy (non-hydrogen) atoms. The van der Waals surface area contributed by atoms with Crippen molar-refractivity contribution in [2.24, 2.45) is 23.2 Å². The molecule has 0 radical (unpaired) electrons. The van der Waals surface area contributed by atoms with Gasteiger partial charge in [0.15, 0.2) is 0 Å². The molecule has 1 aromatic rings. The Morgan fingerprint density at radius 1 is 1.23 bits per heavy atom. The lowest BCUT2D eigenvalue weighted by molar-refractivity contribution is -0.127. The van der Waals surface area contributed by atoms with Gasteiger partial charge in [-0.3, -0.25) is 9.59 Å². The van der Waals surface area contributed by atoms with Crippen molar-refractivity contribution in [1.29, 1.82) is 0 Å². The van der Waals surface area contributed by atoms with Crippen LogP contribution in [0.3, 0.4) is 0 Å². The van der Waals surface area contributed by atoms with E-state index in [0.717, 1.165) is 12.2 Å². The fourth-order valence-electron chi connectivity index (χ4n) is 4.41. The zero-order valence-electron chi connectivity index (χ0n) is 12.8. The summed E-state index contributed by atoms with van der Waals surface area (Å²) in [6, 6.07) is 7.20. The highest BCUT2D eigenvalue weighted by atomic mass is 16.5. The van der Waals surface area contributed by atoms with E-state index in [1.807, 2.05) is 26.0 Å². The van der Waals surface area contributed by atoms with Gasteiger partial charge in [-0.05, 0) is 56.4 Å². The molecular formula is C18H19NO3. The summed E-state index contributed by atoms with van der Waals surface area (Å²) in [5.74, 6) is 0.878. The number of hydrogen-bond acceptors (Lipinski definition) is 3. The number of rotatable bonds is 3. The highest BCUT2D eigenvalue weighted by Crippen LogP contribution is 2.60. The van der Waals surface area contributed by atoms with E-state index >= 15 is 0 Å². The van der Waals surface area contributed by atoms with Crippen molar-refractivity contribution < 1.29 is 14.3 Å². The molecule has 2 amide bonds. The van der Waals surface area contributed by atoms with Crippen molar-refractivity contribution in [2.75, 3.05) is 11.5 Å². The lowest BCUT2D eigenvalue weighted by Gasteiger charge is -2.28. The molecule has 0 N–H and O–H groups in total. The van der Waals surface area contributed by atoms with Gasteiger partial charge >= 0.3 is 0 Å². The number of carbonyl (C=O) groups excluding carboxylic acids is 2. The van der Waals surface area contributed by atoms with Crippen molar-refractivity contribution >= 4 is 17.5 Å². The van der Waals surface area contributed by atoms with Gasteiger partial charge < -0.3 is 4.74 Å². The molecule has 2 bridgehead atoms. The second kappa shape index (κ2) is 4.45. The Hall–Kier alpha value is -2.10. The molecule has 1 heterocycles. The average Bonchev–Trinajstić information content (AvgIpc) is 3.14. The first kappa shape index (κ1) is 13.6. The van der Waals surface area contributed by atoms with E-state index in [1.165, 1.54) is 4.90 Å². The van der Waals surface area contributed by atoms with E-state index in [9.17, 15) is 9.59 Å². The van der Waals surface area contributed by atoms with Crippen LogP contribution in [0.1, 0.15) is 20.3 Å². The fraction of sp³-hybridized carbons (Fsp3) is 0.444. The van der Waals surface area contributed by atoms with Crippen LogP contribution in [-0.2, 0) is 9.59 Å². The van der Waals surface area contributed by atoms with Gasteiger partial charge in [-0.2, -0.15) is 0 Å². The zero-order valence-corrected chi connectivity index (χ0v) is 12.8. The average molecular weight is 297 g/mol. The van der Waals surface area contributed by atoms with Gasteiger partial charge in [0.2, 0.25) is 11.8 Å². The van der Waals surface area contributed by atoms with E-state index in [2.05, 4.69) is 12.2 Å². The van der Waals surface area contributed by atoms with Crippen LogP contribution in [-0.4, -0.2) is 18.4 Å². The molecule has 0 unspecified atom stereocenters. The third-order valence-corrected chi connectivity index (χ3v) is 5.52. The SMILES string of the molecule is CCOc1ccc(N2C(=O)[C@@H]3[C@@H]4C=C[C@@H](C4)[C@]3(C)C2=O)cc1. The maximum Gasteiger partial charge on any atom is 0.241 e. The van der Waals surface area contributed by atoms with Crippen molar-refractivity contribution in [1.82, 2.24) is 0 Å². The first-order chi connectivity index (χ1) is 10.6. The van der Waals surface area contributed by atoms with Crippen LogP contribution in [0.15, 0.2) is 36.4 Å². The Kier molecular flexibility index (Phi) is 2.74. The first-order valence-corrected chi connectivity index (χ1v) is 7.87. The van der Waals surface area contributed by atoms with E-state index < -0.39 is 5.41 Å². The van der Waals surface area contributed by atoms with Crippen molar-refractivity contribution in [3.05, 3.63) is 36.4 Å². The summed E-state index contributed by atoms with van der Waals surface area (Å²) in [7, 11) is 0. The Morgan fingerprint density at radius 2 is 1.95 bits per heavy atom. The number of hydrogen-bond donors (Lipinski definition) is 0. The molecule has 4 nitrogen and oxygen atoms in total. The number of nitrogens with zero attached hydrogens (tertiary/aromatic N) is 1. The Balaban J connectivity index is 1.70. The molecular weight excluding hydrogens is 278 g/mol. The van der Waals surface area contributed by atoms with Gasteiger partial charge in [0.1, 0.15) is 5.75 Å². The molecule has 114 valence electrons. The lowest BCUT2D eigenvalue weighted by atomic mass is 9.71. The predicted molar refractivity (Wildman–Crippen MR) is 82.4 cm³/mol. The van der Waals surface area contributed by atoms with Crippen LogP contribution in [0.5, 0.6) is 5.75 Å². The maximum atomic E-state index is 13.0.